The molecule has 1 atom stereocenters. The van der Waals surface area contributed by atoms with Crippen LogP contribution in [-0.4, -0.2) is 14.2 Å². The third-order valence-corrected chi connectivity index (χ3v) is 2.87. The molecule has 0 aromatic carbocycles. The second-order valence-electron chi connectivity index (χ2n) is 3.18. The van der Waals surface area contributed by atoms with Crippen molar-refractivity contribution >= 4 is 10.2 Å². The van der Waals surface area contributed by atoms with Gasteiger partial charge >= 0.3 is 10.2 Å². The molecule has 0 spiro atoms. The van der Waals surface area contributed by atoms with Crippen LogP contribution in [0.3, 0.4) is 0 Å². The molecular weight excluding hydrogens is 179 g/mol. The maximum absolute atomic E-state index is 12.1. The van der Waals surface area contributed by atoms with Crippen molar-refractivity contribution in [2.45, 2.75) is 25.7 Å². The second kappa shape index (κ2) is 4.03. The number of halogens is 1. The van der Waals surface area contributed by atoms with Gasteiger partial charge < -0.3 is 0 Å². The van der Waals surface area contributed by atoms with Crippen molar-refractivity contribution in [2.24, 2.45) is 5.92 Å². The quantitative estimate of drug-likeness (QED) is 0.506. The van der Waals surface area contributed by atoms with Gasteiger partial charge in [0.25, 0.3) is 0 Å². The zero-order chi connectivity index (χ0) is 9.03. The van der Waals surface area contributed by atoms with Gasteiger partial charge in [-0.15, -0.1) is 3.89 Å². The molecule has 0 aliphatic heterocycles. The molecule has 12 heavy (non-hydrogen) atoms. The SMILES string of the molecule is O=S(=O)(F)CCC1CC=CCC1. The molecule has 0 aromatic heterocycles. The van der Waals surface area contributed by atoms with Gasteiger partial charge in [-0.25, -0.2) is 0 Å². The third-order valence-electron chi connectivity index (χ3n) is 2.15. The molecule has 70 valence electrons. The second-order valence-corrected chi connectivity index (χ2v) is 4.67. The Hall–Kier alpha value is -0.380. The Kier molecular flexibility index (Phi) is 3.26. The predicted molar refractivity (Wildman–Crippen MR) is 46.0 cm³/mol. The van der Waals surface area contributed by atoms with Crippen LogP contribution in [-0.2, 0) is 10.2 Å². The van der Waals surface area contributed by atoms with Crippen LogP contribution in [0.1, 0.15) is 25.7 Å². The fraction of sp³-hybridized carbons (Fsp3) is 0.750. The fourth-order valence-corrected chi connectivity index (χ4v) is 2.04. The molecule has 0 N–H and O–H groups in total. The summed E-state index contributed by atoms with van der Waals surface area (Å²) in [5.74, 6) is 0.0476. The lowest BCUT2D eigenvalue weighted by Crippen LogP contribution is -2.08. The Balaban J connectivity index is 2.28. The van der Waals surface area contributed by atoms with Gasteiger partial charge in [-0.3, -0.25) is 0 Å². The van der Waals surface area contributed by atoms with Crippen LogP contribution in [0.4, 0.5) is 3.89 Å². The van der Waals surface area contributed by atoms with Crippen LogP contribution in [0.25, 0.3) is 0 Å². The Bertz CT molecular complexity index is 256. The Labute approximate surface area is 72.7 Å². The number of hydrogen-bond acceptors (Lipinski definition) is 2. The third kappa shape index (κ3) is 3.85. The minimum absolute atomic E-state index is 0.314. The minimum Gasteiger partial charge on any atom is -0.195 e. The van der Waals surface area contributed by atoms with Gasteiger partial charge in [-0.1, -0.05) is 12.2 Å². The molecule has 0 fully saturated rings. The summed E-state index contributed by atoms with van der Waals surface area (Å²) in [6.45, 7) is 0. The number of rotatable bonds is 3. The highest BCUT2D eigenvalue weighted by Crippen LogP contribution is 2.21. The summed E-state index contributed by atoms with van der Waals surface area (Å²) < 4.78 is 32.5. The van der Waals surface area contributed by atoms with E-state index in [0.29, 0.717) is 12.3 Å². The average Bonchev–Trinajstić information content (AvgIpc) is 2.02. The van der Waals surface area contributed by atoms with Gasteiger partial charge in [0.05, 0.1) is 5.75 Å². The van der Waals surface area contributed by atoms with E-state index in [0.717, 1.165) is 19.3 Å². The normalized spacial score (nSPS) is 24.2. The lowest BCUT2D eigenvalue weighted by molar-refractivity contribution is 0.457. The van der Waals surface area contributed by atoms with E-state index in [1.54, 1.807) is 0 Å². The van der Waals surface area contributed by atoms with Crippen molar-refractivity contribution in [3.63, 3.8) is 0 Å². The van der Waals surface area contributed by atoms with E-state index in [-0.39, 0.29) is 5.75 Å². The fourth-order valence-electron chi connectivity index (χ4n) is 1.43. The van der Waals surface area contributed by atoms with Gasteiger partial charge in [0, 0.05) is 0 Å². The molecule has 0 radical (unpaired) electrons. The molecule has 0 heterocycles. The summed E-state index contributed by atoms with van der Waals surface area (Å²) in [4.78, 5) is 0. The van der Waals surface area contributed by atoms with Crippen molar-refractivity contribution in [3.05, 3.63) is 12.2 Å². The Morgan fingerprint density at radius 1 is 1.42 bits per heavy atom. The topological polar surface area (TPSA) is 34.1 Å². The van der Waals surface area contributed by atoms with Crippen LogP contribution < -0.4 is 0 Å². The molecule has 4 heteroatoms. The summed E-state index contributed by atoms with van der Waals surface area (Å²) in [7, 11) is -4.25. The molecule has 1 aliphatic carbocycles. The smallest absolute Gasteiger partial charge is 0.195 e. The monoisotopic (exact) mass is 192 g/mol. The first-order valence-electron chi connectivity index (χ1n) is 4.15. The van der Waals surface area contributed by atoms with E-state index in [1.165, 1.54) is 0 Å². The van der Waals surface area contributed by atoms with Gasteiger partial charge in [0.15, 0.2) is 0 Å². The van der Waals surface area contributed by atoms with Crippen LogP contribution >= 0.6 is 0 Å². The van der Waals surface area contributed by atoms with E-state index < -0.39 is 10.2 Å². The average molecular weight is 192 g/mol. The summed E-state index contributed by atoms with van der Waals surface area (Å²) in [6.07, 6.45) is 7.47. The maximum atomic E-state index is 12.1. The summed E-state index contributed by atoms with van der Waals surface area (Å²) in [6, 6.07) is 0. The number of allylic oxidation sites excluding steroid dienone is 2. The van der Waals surface area contributed by atoms with Crippen LogP contribution in [0.5, 0.6) is 0 Å². The molecule has 1 aliphatic rings. The van der Waals surface area contributed by atoms with Crippen molar-refractivity contribution in [1.29, 1.82) is 0 Å². The molecule has 0 bridgehead atoms. The van der Waals surface area contributed by atoms with Gasteiger partial charge in [-0.05, 0) is 31.6 Å². The summed E-state index contributed by atoms with van der Waals surface area (Å²) in [5.41, 5.74) is 0. The lowest BCUT2D eigenvalue weighted by atomic mass is 9.92. The standard InChI is InChI=1S/C8H13FO2S/c9-12(10,11)7-6-8-4-2-1-3-5-8/h1-2,8H,3-7H2. The van der Waals surface area contributed by atoms with Gasteiger partial charge in [0.1, 0.15) is 0 Å². The maximum Gasteiger partial charge on any atom is 0.302 e. The molecule has 1 unspecified atom stereocenters. The predicted octanol–water partition coefficient (Wildman–Crippen LogP) is 2.03. The van der Waals surface area contributed by atoms with Crippen molar-refractivity contribution in [1.82, 2.24) is 0 Å². The zero-order valence-electron chi connectivity index (χ0n) is 6.87. The molecule has 0 saturated heterocycles. The first-order chi connectivity index (χ1) is 5.58. The highest BCUT2D eigenvalue weighted by molar-refractivity contribution is 7.86. The van der Waals surface area contributed by atoms with Gasteiger partial charge in [0.2, 0.25) is 0 Å². The molecular formula is C8H13FO2S. The van der Waals surface area contributed by atoms with Crippen LogP contribution in [0, 0.1) is 5.92 Å². The van der Waals surface area contributed by atoms with Crippen LogP contribution in [0.15, 0.2) is 12.2 Å². The van der Waals surface area contributed by atoms with Crippen LogP contribution in [0.2, 0.25) is 0 Å². The largest absolute Gasteiger partial charge is 0.302 e. The highest BCUT2D eigenvalue weighted by Gasteiger charge is 2.14. The van der Waals surface area contributed by atoms with E-state index in [9.17, 15) is 12.3 Å². The number of hydrogen-bond donors (Lipinski definition) is 0. The molecule has 2 nitrogen and oxygen atoms in total. The Morgan fingerprint density at radius 2 is 2.17 bits per heavy atom. The Morgan fingerprint density at radius 3 is 2.67 bits per heavy atom. The van der Waals surface area contributed by atoms with Crippen molar-refractivity contribution in [2.75, 3.05) is 5.75 Å². The first kappa shape index (κ1) is 9.71. The minimum atomic E-state index is -4.25. The van der Waals surface area contributed by atoms with E-state index in [1.807, 2.05) is 6.08 Å². The van der Waals surface area contributed by atoms with Crippen molar-refractivity contribution in [3.8, 4) is 0 Å². The molecule has 1 rings (SSSR count). The lowest BCUT2D eigenvalue weighted by Gasteiger charge is -2.15. The molecule has 0 aromatic rings. The zero-order valence-corrected chi connectivity index (χ0v) is 7.69. The molecule has 0 amide bonds. The summed E-state index contributed by atoms with van der Waals surface area (Å²) in [5, 5.41) is 0. The van der Waals surface area contributed by atoms with E-state index >= 15 is 0 Å². The van der Waals surface area contributed by atoms with Gasteiger partial charge in [-0.2, -0.15) is 8.42 Å². The summed E-state index contributed by atoms with van der Waals surface area (Å²) >= 11 is 0. The van der Waals surface area contributed by atoms with E-state index in [2.05, 4.69) is 6.08 Å². The van der Waals surface area contributed by atoms with E-state index in [4.69, 9.17) is 0 Å². The first-order valence-corrected chi connectivity index (χ1v) is 5.70. The molecule has 0 saturated carbocycles. The van der Waals surface area contributed by atoms with Crippen molar-refractivity contribution < 1.29 is 12.3 Å². The highest BCUT2D eigenvalue weighted by atomic mass is 32.3.